The summed E-state index contributed by atoms with van der Waals surface area (Å²) in [7, 11) is 2.22. The summed E-state index contributed by atoms with van der Waals surface area (Å²) in [6.07, 6.45) is 2.31. The molecule has 1 nitrogen and oxygen atoms in total. The van der Waals surface area contributed by atoms with Crippen LogP contribution >= 0.6 is 0 Å². The van der Waals surface area contributed by atoms with Gasteiger partial charge in [0.2, 0.25) is 0 Å². The largest absolute Gasteiger partial charge is 0.369 e. The lowest BCUT2D eigenvalue weighted by molar-refractivity contribution is 0.413. The molecule has 0 atom stereocenters. The molecular weight excluding hydrogens is 254 g/mol. The molecule has 0 unspecified atom stereocenters. The van der Waals surface area contributed by atoms with E-state index < -0.39 is 0 Å². The minimum atomic E-state index is 0.221. The molecule has 0 aromatic heterocycles. The predicted octanol–water partition coefficient (Wildman–Crippen LogP) is 5.68. The Morgan fingerprint density at radius 2 is 1.52 bits per heavy atom. The number of hydrogen-bond acceptors (Lipinski definition) is 1. The van der Waals surface area contributed by atoms with Gasteiger partial charge in [-0.1, -0.05) is 50.2 Å². The Bertz CT molecular complexity index is 582. The van der Waals surface area contributed by atoms with Gasteiger partial charge < -0.3 is 4.90 Å². The molecule has 0 aliphatic carbocycles. The molecule has 0 aliphatic heterocycles. The van der Waals surface area contributed by atoms with Gasteiger partial charge in [-0.15, -0.1) is 0 Å². The summed E-state index contributed by atoms with van der Waals surface area (Å²) in [6.45, 7) is 9.10. The highest BCUT2D eigenvalue weighted by Crippen LogP contribution is 2.32. The van der Waals surface area contributed by atoms with Crippen LogP contribution in [0, 0.1) is 6.92 Å². The van der Waals surface area contributed by atoms with E-state index in [1.165, 1.54) is 22.4 Å². The highest BCUT2D eigenvalue weighted by molar-refractivity contribution is 5.69. The highest BCUT2D eigenvalue weighted by Gasteiger charge is 2.26. The van der Waals surface area contributed by atoms with Gasteiger partial charge in [0, 0.05) is 18.3 Å². The van der Waals surface area contributed by atoms with Crippen molar-refractivity contribution in [2.75, 3.05) is 11.9 Å². The molecule has 0 saturated heterocycles. The zero-order chi connectivity index (χ0) is 15.5. The fourth-order valence-electron chi connectivity index (χ4n) is 2.86. The molecule has 0 amide bonds. The van der Waals surface area contributed by atoms with Crippen LogP contribution in [0.4, 0.5) is 5.69 Å². The van der Waals surface area contributed by atoms with Crippen molar-refractivity contribution < 1.29 is 0 Å². The van der Waals surface area contributed by atoms with Crippen LogP contribution in [0.1, 0.15) is 39.2 Å². The third kappa shape index (κ3) is 3.12. The molecule has 2 rings (SSSR count). The van der Waals surface area contributed by atoms with Crippen molar-refractivity contribution in [2.24, 2.45) is 0 Å². The number of rotatable bonds is 5. The van der Waals surface area contributed by atoms with Crippen LogP contribution in [0.3, 0.4) is 0 Å². The van der Waals surface area contributed by atoms with Crippen LogP contribution in [0.15, 0.2) is 48.5 Å². The lowest BCUT2D eigenvalue weighted by Gasteiger charge is -2.40. The smallest absolute Gasteiger partial charge is 0.0398 e. The normalized spacial score (nSPS) is 11.5. The van der Waals surface area contributed by atoms with Crippen LogP contribution in [0.5, 0.6) is 0 Å². The van der Waals surface area contributed by atoms with E-state index in [9.17, 15) is 0 Å². The summed E-state index contributed by atoms with van der Waals surface area (Å²) in [4.78, 5) is 2.44. The van der Waals surface area contributed by atoms with Gasteiger partial charge in [0.05, 0.1) is 0 Å². The number of aryl methyl sites for hydroxylation is 1. The molecule has 0 radical (unpaired) electrons. The molecular formula is C20H27N. The SMILES string of the molecule is CCC(C)(CC)N(C)c1ccc(-c2ccccc2)cc1C. The quantitative estimate of drug-likeness (QED) is 0.681. The summed E-state index contributed by atoms with van der Waals surface area (Å²) in [5, 5.41) is 0. The molecule has 0 spiro atoms. The van der Waals surface area contributed by atoms with Gasteiger partial charge in [0.1, 0.15) is 0 Å². The van der Waals surface area contributed by atoms with Gasteiger partial charge in [-0.25, -0.2) is 0 Å². The molecule has 0 heterocycles. The zero-order valence-electron chi connectivity index (χ0n) is 14.0. The minimum absolute atomic E-state index is 0.221. The summed E-state index contributed by atoms with van der Waals surface area (Å²) in [6, 6.07) is 17.4. The van der Waals surface area contributed by atoms with E-state index in [0.29, 0.717) is 0 Å². The number of anilines is 1. The van der Waals surface area contributed by atoms with Gasteiger partial charge in [-0.05, 0) is 55.5 Å². The number of nitrogens with zero attached hydrogens (tertiary/aromatic N) is 1. The van der Waals surface area contributed by atoms with Crippen molar-refractivity contribution in [1.82, 2.24) is 0 Å². The van der Waals surface area contributed by atoms with Crippen molar-refractivity contribution in [3.05, 3.63) is 54.1 Å². The Balaban J connectivity index is 2.36. The first-order valence-electron chi connectivity index (χ1n) is 7.91. The molecule has 0 N–H and O–H groups in total. The maximum atomic E-state index is 2.44. The fourth-order valence-corrected chi connectivity index (χ4v) is 2.86. The van der Waals surface area contributed by atoms with E-state index in [4.69, 9.17) is 0 Å². The maximum absolute atomic E-state index is 2.44. The molecule has 2 aromatic rings. The second kappa shape index (κ2) is 6.34. The first kappa shape index (κ1) is 15.6. The van der Waals surface area contributed by atoms with Crippen molar-refractivity contribution >= 4 is 5.69 Å². The van der Waals surface area contributed by atoms with Crippen LogP contribution in [0.25, 0.3) is 11.1 Å². The molecule has 2 aromatic carbocycles. The third-order valence-corrected chi connectivity index (χ3v) is 5.00. The first-order valence-corrected chi connectivity index (χ1v) is 7.91. The molecule has 0 bridgehead atoms. The van der Waals surface area contributed by atoms with Crippen molar-refractivity contribution in [1.29, 1.82) is 0 Å². The van der Waals surface area contributed by atoms with Crippen LogP contribution in [-0.4, -0.2) is 12.6 Å². The Labute approximate surface area is 129 Å². The summed E-state index contributed by atoms with van der Waals surface area (Å²) in [5.74, 6) is 0. The van der Waals surface area contributed by atoms with Gasteiger partial charge in [0.15, 0.2) is 0 Å². The Hall–Kier alpha value is -1.76. The third-order valence-electron chi connectivity index (χ3n) is 5.00. The van der Waals surface area contributed by atoms with E-state index >= 15 is 0 Å². The van der Waals surface area contributed by atoms with Crippen LogP contribution in [-0.2, 0) is 0 Å². The average Bonchev–Trinajstić information content (AvgIpc) is 2.54. The fraction of sp³-hybridized carbons (Fsp3) is 0.400. The number of hydrogen-bond donors (Lipinski definition) is 0. The molecule has 21 heavy (non-hydrogen) atoms. The minimum Gasteiger partial charge on any atom is -0.369 e. The molecule has 0 saturated carbocycles. The second-order valence-corrected chi connectivity index (χ2v) is 6.13. The maximum Gasteiger partial charge on any atom is 0.0398 e. The average molecular weight is 281 g/mol. The van der Waals surface area contributed by atoms with E-state index in [2.05, 4.69) is 88.2 Å². The lowest BCUT2D eigenvalue weighted by Crippen LogP contribution is -2.43. The standard InChI is InChI=1S/C20H27N/c1-6-20(4,7-2)21(5)19-14-13-18(15-16(19)3)17-11-9-8-10-12-17/h8-15H,6-7H2,1-5H3. The molecule has 112 valence electrons. The summed E-state index contributed by atoms with van der Waals surface area (Å²) < 4.78 is 0. The van der Waals surface area contributed by atoms with Gasteiger partial charge in [-0.2, -0.15) is 0 Å². The lowest BCUT2D eigenvalue weighted by atomic mass is 9.92. The Kier molecular flexibility index (Phi) is 4.72. The van der Waals surface area contributed by atoms with Gasteiger partial charge in [0.25, 0.3) is 0 Å². The molecule has 0 aliphatic rings. The summed E-state index contributed by atoms with van der Waals surface area (Å²) in [5.41, 5.74) is 5.47. The summed E-state index contributed by atoms with van der Waals surface area (Å²) >= 11 is 0. The molecule has 0 fully saturated rings. The van der Waals surface area contributed by atoms with Crippen molar-refractivity contribution in [2.45, 2.75) is 46.1 Å². The van der Waals surface area contributed by atoms with E-state index in [0.717, 1.165) is 12.8 Å². The van der Waals surface area contributed by atoms with Crippen LogP contribution in [0.2, 0.25) is 0 Å². The topological polar surface area (TPSA) is 3.24 Å². The van der Waals surface area contributed by atoms with E-state index in [-0.39, 0.29) is 5.54 Å². The molecule has 1 heteroatoms. The van der Waals surface area contributed by atoms with Gasteiger partial charge in [-0.3, -0.25) is 0 Å². The van der Waals surface area contributed by atoms with Crippen LogP contribution < -0.4 is 4.90 Å². The predicted molar refractivity (Wildman–Crippen MR) is 94.0 cm³/mol. The van der Waals surface area contributed by atoms with Gasteiger partial charge >= 0.3 is 0 Å². The number of benzene rings is 2. The Morgan fingerprint density at radius 3 is 2.05 bits per heavy atom. The first-order chi connectivity index (χ1) is 10.0. The highest BCUT2D eigenvalue weighted by atomic mass is 15.2. The van der Waals surface area contributed by atoms with E-state index in [1.807, 2.05) is 0 Å². The Morgan fingerprint density at radius 1 is 0.905 bits per heavy atom. The van der Waals surface area contributed by atoms with Crippen molar-refractivity contribution in [3.63, 3.8) is 0 Å². The van der Waals surface area contributed by atoms with E-state index in [1.54, 1.807) is 0 Å². The second-order valence-electron chi connectivity index (χ2n) is 6.13. The monoisotopic (exact) mass is 281 g/mol. The zero-order valence-corrected chi connectivity index (χ0v) is 14.0. The van der Waals surface area contributed by atoms with Crippen molar-refractivity contribution in [3.8, 4) is 11.1 Å².